The molecule has 0 bridgehead atoms. The Labute approximate surface area is 201 Å². The Morgan fingerprint density at radius 3 is 2.39 bits per heavy atom. The molecule has 1 nitrogen and oxygen atoms in total. The zero-order chi connectivity index (χ0) is 23.5. The lowest BCUT2D eigenvalue weighted by Gasteiger charge is -2.23. The fraction of sp³-hybridized carbons (Fsp3) is 0.323. The van der Waals surface area contributed by atoms with Crippen LogP contribution < -0.4 is 0 Å². The molecule has 2 heteroatoms. The van der Waals surface area contributed by atoms with Gasteiger partial charge in [-0.15, -0.1) is 11.3 Å². The van der Waals surface area contributed by atoms with Crippen LogP contribution in [0.1, 0.15) is 56.2 Å². The van der Waals surface area contributed by atoms with Gasteiger partial charge in [-0.3, -0.25) is 0 Å². The van der Waals surface area contributed by atoms with E-state index >= 15 is 0 Å². The second kappa shape index (κ2) is 7.95. The van der Waals surface area contributed by atoms with E-state index in [4.69, 9.17) is 4.98 Å². The van der Waals surface area contributed by atoms with Gasteiger partial charge in [0.1, 0.15) is 0 Å². The van der Waals surface area contributed by atoms with Crippen molar-refractivity contribution in [3.63, 3.8) is 0 Å². The molecule has 5 aromatic rings. The van der Waals surface area contributed by atoms with Crippen molar-refractivity contribution >= 4 is 43.1 Å². The molecule has 0 atom stereocenters. The zero-order valence-corrected chi connectivity index (χ0v) is 21.7. The van der Waals surface area contributed by atoms with Crippen LogP contribution in [0.3, 0.4) is 0 Å². The van der Waals surface area contributed by atoms with Gasteiger partial charge in [-0.1, -0.05) is 65.0 Å². The minimum atomic E-state index is 0.0526. The highest BCUT2D eigenvalue weighted by Crippen LogP contribution is 2.42. The largest absolute Gasteiger partial charge is 0.246 e. The third-order valence-corrected chi connectivity index (χ3v) is 7.68. The lowest BCUT2D eigenvalue weighted by molar-refractivity contribution is 0.596. The monoisotopic (exact) mass is 451 g/mol. The molecule has 3 aromatic carbocycles. The van der Waals surface area contributed by atoms with Crippen molar-refractivity contribution in [3.8, 4) is 11.3 Å². The summed E-state index contributed by atoms with van der Waals surface area (Å²) in [5, 5.41) is 5.29. The predicted octanol–water partition coefficient (Wildman–Crippen LogP) is 9.38. The van der Waals surface area contributed by atoms with Crippen molar-refractivity contribution in [2.75, 3.05) is 0 Å². The van der Waals surface area contributed by atoms with Gasteiger partial charge in [0.2, 0.25) is 0 Å². The number of thiophene rings is 1. The van der Waals surface area contributed by atoms with Gasteiger partial charge in [-0.25, -0.2) is 4.98 Å². The van der Waals surface area contributed by atoms with Crippen LogP contribution in [0.25, 0.3) is 43.0 Å². The summed E-state index contributed by atoms with van der Waals surface area (Å²) in [7, 11) is 0. The minimum Gasteiger partial charge on any atom is -0.246 e. The van der Waals surface area contributed by atoms with Gasteiger partial charge in [0.15, 0.2) is 0 Å². The first-order chi connectivity index (χ1) is 15.6. The molecule has 0 amide bonds. The number of fused-ring (bicyclic) bond motifs is 4. The van der Waals surface area contributed by atoms with Crippen LogP contribution in [0.5, 0.6) is 0 Å². The number of aromatic nitrogens is 1. The normalized spacial score (nSPS) is 12.5. The molecule has 33 heavy (non-hydrogen) atoms. The van der Waals surface area contributed by atoms with E-state index in [-0.39, 0.29) is 5.41 Å². The van der Waals surface area contributed by atoms with E-state index in [0.717, 1.165) is 17.6 Å². The Morgan fingerprint density at radius 1 is 0.909 bits per heavy atom. The molecule has 5 rings (SSSR count). The van der Waals surface area contributed by atoms with Crippen molar-refractivity contribution in [2.45, 2.75) is 60.3 Å². The molecule has 0 spiro atoms. The minimum absolute atomic E-state index is 0.0526. The first-order valence-corrected chi connectivity index (χ1v) is 12.8. The molecule has 2 aromatic heterocycles. The smallest absolute Gasteiger partial charge is 0.0888 e. The second-order valence-corrected chi connectivity index (χ2v) is 12.1. The molecule has 0 unspecified atom stereocenters. The maximum absolute atomic E-state index is 5.33. The Balaban J connectivity index is 1.89. The number of hydrogen-bond acceptors (Lipinski definition) is 2. The van der Waals surface area contributed by atoms with Crippen molar-refractivity contribution < 1.29 is 0 Å². The Kier molecular flexibility index (Phi) is 5.33. The number of benzene rings is 3. The lowest BCUT2D eigenvalue weighted by atomic mass is 9.82. The van der Waals surface area contributed by atoms with Gasteiger partial charge in [-0.2, -0.15) is 0 Å². The first kappa shape index (κ1) is 22.1. The molecule has 0 saturated carbocycles. The highest BCUT2D eigenvalue weighted by atomic mass is 32.1. The van der Waals surface area contributed by atoms with Crippen LogP contribution in [-0.2, 0) is 11.8 Å². The van der Waals surface area contributed by atoms with Crippen molar-refractivity contribution in [2.24, 2.45) is 5.92 Å². The fourth-order valence-corrected chi connectivity index (χ4v) is 6.51. The lowest BCUT2D eigenvalue weighted by Crippen LogP contribution is -2.12. The molecule has 0 aliphatic carbocycles. The van der Waals surface area contributed by atoms with Crippen LogP contribution in [-0.4, -0.2) is 4.98 Å². The maximum Gasteiger partial charge on any atom is 0.0888 e. The Hall–Kier alpha value is -2.71. The van der Waals surface area contributed by atoms with Gasteiger partial charge in [0, 0.05) is 21.2 Å². The molecule has 0 aliphatic heterocycles. The van der Waals surface area contributed by atoms with Crippen molar-refractivity contribution in [1.29, 1.82) is 0 Å². The van der Waals surface area contributed by atoms with Gasteiger partial charge in [0.25, 0.3) is 0 Å². The van der Waals surface area contributed by atoms with E-state index in [2.05, 4.69) is 103 Å². The van der Waals surface area contributed by atoms with Crippen LogP contribution in [0.2, 0.25) is 0 Å². The van der Waals surface area contributed by atoms with Crippen LogP contribution in [0, 0.1) is 19.8 Å². The van der Waals surface area contributed by atoms with Gasteiger partial charge in [-0.05, 0) is 83.3 Å². The van der Waals surface area contributed by atoms with Crippen molar-refractivity contribution in [1.82, 2.24) is 4.98 Å². The highest BCUT2D eigenvalue weighted by molar-refractivity contribution is 7.19. The Morgan fingerprint density at radius 2 is 1.67 bits per heavy atom. The summed E-state index contributed by atoms with van der Waals surface area (Å²) in [5.74, 6) is 0.636. The van der Waals surface area contributed by atoms with Crippen LogP contribution in [0.15, 0.2) is 54.6 Å². The van der Waals surface area contributed by atoms with Gasteiger partial charge >= 0.3 is 0 Å². The zero-order valence-electron chi connectivity index (χ0n) is 20.8. The quantitative estimate of drug-likeness (QED) is 0.266. The van der Waals surface area contributed by atoms with E-state index in [9.17, 15) is 0 Å². The van der Waals surface area contributed by atoms with E-state index in [0.29, 0.717) is 5.92 Å². The number of pyridine rings is 1. The van der Waals surface area contributed by atoms with Crippen LogP contribution >= 0.6 is 11.3 Å². The number of hydrogen-bond donors (Lipinski definition) is 0. The summed E-state index contributed by atoms with van der Waals surface area (Å²) in [6.45, 7) is 15.9. The molecular weight excluding hydrogens is 418 g/mol. The Bertz CT molecular complexity index is 1510. The predicted molar refractivity (Wildman–Crippen MR) is 147 cm³/mol. The molecule has 0 aliphatic rings. The average Bonchev–Trinajstić information content (AvgIpc) is 3.13. The molecule has 0 radical (unpaired) electrons. The molecule has 0 fully saturated rings. The molecule has 2 heterocycles. The first-order valence-electron chi connectivity index (χ1n) is 12.0. The summed E-state index contributed by atoms with van der Waals surface area (Å²) in [4.78, 5) is 6.78. The average molecular weight is 452 g/mol. The maximum atomic E-state index is 5.33. The third-order valence-electron chi connectivity index (χ3n) is 6.51. The summed E-state index contributed by atoms with van der Waals surface area (Å²) < 4.78 is 1.32. The molecule has 0 N–H and O–H groups in total. The molecular formula is C31H33NS. The van der Waals surface area contributed by atoms with Gasteiger partial charge < -0.3 is 0 Å². The van der Waals surface area contributed by atoms with E-state index in [1.807, 2.05) is 11.3 Å². The van der Waals surface area contributed by atoms with E-state index < -0.39 is 0 Å². The summed E-state index contributed by atoms with van der Waals surface area (Å²) in [6, 6.07) is 20.5. The number of nitrogens with zero attached hydrogens (tertiary/aromatic N) is 1. The summed E-state index contributed by atoms with van der Waals surface area (Å²) in [6.07, 6.45) is 1.11. The second-order valence-electron chi connectivity index (χ2n) is 11.0. The molecule has 168 valence electrons. The SMILES string of the molecule is Cc1cc(C)c2c(c1)nc(-c1cc(C(C)(C)C)c3ccccc3c1)c1sc(CC(C)C)cc12. The fourth-order valence-electron chi connectivity index (χ4n) is 5.13. The van der Waals surface area contributed by atoms with Gasteiger partial charge in [0.05, 0.1) is 15.9 Å². The van der Waals surface area contributed by atoms with E-state index in [1.165, 1.54) is 53.4 Å². The standard InChI is InChI=1S/C31H33NS/c1-18(2)12-23-17-25-28-20(4)13-19(3)14-27(28)32-29(30(25)33-23)22-15-21-10-8-9-11-24(21)26(16-22)31(5,6)7/h8-11,13-18H,12H2,1-7H3. The summed E-state index contributed by atoms with van der Waals surface area (Å²) >= 11 is 1.93. The topological polar surface area (TPSA) is 12.9 Å². The third kappa shape index (κ3) is 3.95. The molecule has 0 saturated heterocycles. The van der Waals surface area contributed by atoms with Crippen LogP contribution in [0.4, 0.5) is 0 Å². The highest BCUT2D eigenvalue weighted by Gasteiger charge is 2.21. The summed E-state index contributed by atoms with van der Waals surface area (Å²) in [5.41, 5.74) is 7.47. The van der Waals surface area contributed by atoms with Crippen molar-refractivity contribution in [3.05, 3.63) is 76.2 Å². The number of rotatable bonds is 3. The number of aryl methyl sites for hydroxylation is 2. The van der Waals surface area contributed by atoms with E-state index in [1.54, 1.807) is 0 Å².